The molecular formula is C18H33N5O. The average Bonchev–Trinajstić information content (AvgIpc) is 3.08. The second-order valence-electron chi connectivity index (χ2n) is 6.89. The van der Waals surface area contributed by atoms with Crippen LogP contribution in [0.4, 0.5) is 0 Å². The molecule has 0 saturated carbocycles. The maximum absolute atomic E-state index is 5.34. The first-order chi connectivity index (χ1) is 11.6. The quantitative estimate of drug-likeness (QED) is 0.592. The van der Waals surface area contributed by atoms with Crippen LogP contribution in [-0.4, -0.2) is 49.2 Å². The summed E-state index contributed by atoms with van der Waals surface area (Å²) in [6, 6.07) is 2.01. The molecule has 0 amide bonds. The van der Waals surface area contributed by atoms with E-state index in [-0.39, 0.29) is 0 Å². The number of aliphatic imine (C=N–C) groups is 1. The Morgan fingerprint density at radius 3 is 2.71 bits per heavy atom. The van der Waals surface area contributed by atoms with Gasteiger partial charge in [-0.05, 0) is 50.7 Å². The number of piperidine rings is 1. The highest BCUT2D eigenvalue weighted by molar-refractivity contribution is 5.79. The maximum Gasteiger partial charge on any atom is 0.191 e. The van der Waals surface area contributed by atoms with Crippen molar-refractivity contribution in [1.29, 1.82) is 0 Å². The minimum absolute atomic E-state index is 0.388. The van der Waals surface area contributed by atoms with Crippen molar-refractivity contribution in [1.82, 2.24) is 20.7 Å². The molecule has 1 aromatic heterocycles. The lowest BCUT2D eigenvalue weighted by molar-refractivity contribution is 0.187. The van der Waals surface area contributed by atoms with Crippen LogP contribution in [0.2, 0.25) is 0 Å². The van der Waals surface area contributed by atoms with E-state index in [1.165, 1.54) is 38.9 Å². The molecule has 24 heavy (non-hydrogen) atoms. The standard InChI is InChI=1S/C18H33N5O/c1-5-23-10-7-15(8-11-23)6-9-20-18(19-4)21-13-16-12-17(14(2)3)22-24-16/h12,14-15H,5-11,13H2,1-4H3,(H2,19,20,21). The van der Waals surface area contributed by atoms with Gasteiger partial charge in [0, 0.05) is 19.7 Å². The van der Waals surface area contributed by atoms with Crippen LogP contribution in [0.3, 0.4) is 0 Å². The molecule has 0 unspecified atom stereocenters. The predicted octanol–water partition coefficient (Wildman–Crippen LogP) is 2.58. The third-order valence-electron chi connectivity index (χ3n) is 4.82. The molecule has 2 rings (SSSR count). The van der Waals surface area contributed by atoms with Gasteiger partial charge < -0.3 is 20.1 Å². The summed E-state index contributed by atoms with van der Waals surface area (Å²) in [4.78, 5) is 6.81. The molecule has 0 spiro atoms. The number of guanidine groups is 1. The van der Waals surface area contributed by atoms with Crippen LogP contribution in [-0.2, 0) is 6.54 Å². The summed E-state index contributed by atoms with van der Waals surface area (Å²) in [5.74, 6) is 2.89. The van der Waals surface area contributed by atoms with Crippen molar-refractivity contribution in [3.05, 3.63) is 17.5 Å². The fourth-order valence-electron chi connectivity index (χ4n) is 3.06. The van der Waals surface area contributed by atoms with Gasteiger partial charge in [-0.2, -0.15) is 0 Å². The van der Waals surface area contributed by atoms with Gasteiger partial charge in [0.1, 0.15) is 0 Å². The molecule has 1 aliphatic heterocycles. The lowest BCUT2D eigenvalue weighted by Gasteiger charge is -2.31. The molecule has 0 bridgehead atoms. The molecule has 1 fully saturated rings. The van der Waals surface area contributed by atoms with E-state index >= 15 is 0 Å². The molecule has 2 N–H and O–H groups in total. The SMILES string of the molecule is CCN1CCC(CCNC(=NC)NCc2cc(C(C)C)no2)CC1. The molecular weight excluding hydrogens is 302 g/mol. The zero-order chi connectivity index (χ0) is 17.4. The number of likely N-dealkylation sites (tertiary alicyclic amines) is 1. The van der Waals surface area contributed by atoms with Gasteiger partial charge in [-0.1, -0.05) is 25.9 Å². The summed E-state index contributed by atoms with van der Waals surface area (Å²) in [6.07, 6.45) is 3.84. The average molecular weight is 335 g/mol. The van der Waals surface area contributed by atoms with Crippen LogP contribution in [0.5, 0.6) is 0 Å². The van der Waals surface area contributed by atoms with E-state index in [1.807, 2.05) is 6.07 Å². The second-order valence-corrected chi connectivity index (χ2v) is 6.89. The lowest BCUT2D eigenvalue weighted by Crippen LogP contribution is -2.39. The highest BCUT2D eigenvalue weighted by Crippen LogP contribution is 2.19. The van der Waals surface area contributed by atoms with Crippen molar-refractivity contribution in [3.8, 4) is 0 Å². The monoisotopic (exact) mass is 335 g/mol. The zero-order valence-electron chi connectivity index (χ0n) is 15.6. The highest BCUT2D eigenvalue weighted by Gasteiger charge is 2.17. The van der Waals surface area contributed by atoms with Gasteiger partial charge in [0.2, 0.25) is 0 Å². The fraction of sp³-hybridized carbons (Fsp3) is 0.778. The third-order valence-corrected chi connectivity index (χ3v) is 4.82. The van der Waals surface area contributed by atoms with Crippen LogP contribution in [0.1, 0.15) is 57.4 Å². The van der Waals surface area contributed by atoms with E-state index in [2.05, 4.69) is 46.5 Å². The minimum Gasteiger partial charge on any atom is -0.359 e. The maximum atomic E-state index is 5.34. The topological polar surface area (TPSA) is 65.7 Å². The Labute approximate surface area is 146 Å². The summed E-state index contributed by atoms with van der Waals surface area (Å²) < 4.78 is 5.34. The van der Waals surface area contributed by atoms with Crippen molar-refractivity contribution >= 4 is 5.96 Å². The molecule has 1 aromatic rings. The van der Waals surface area contributed by atoms with E-state index in [1.54, 1.807) is 7.05 Å². The van der Waals surface area contributed by atoms with E-state index in [0.29, 0.717) is 12.5 Å². The lowest BCUT2D eigenvalue weighted by atomic mass is 9.93. The van der Waals surface area contributed by atoms with Gasteiger partial charge in [-0.3, -0.25) is 4.99 Å². The van der Waals surface area contributed by atoms with E-state index in [4.69, 9.17) is 4.52 Å². The van der Waals surface area contributed by atoms with Crippen molar-refractivity contribution in [2.75, 3.05) is 33.2 Å². The molecule has 1 saturated heterocycles. The summed E-state index contributed by atoms with van der Waals surface area (Å²) >= 11 is 0. The molecule has 136 valence electrons. The van der Waals surface area contributed by atoms with Gasteiger partial charge in [0.05, 0.1) is 12.2 Å². The Bertz CT molecular complexity index is 503. The van der Waals surface area contributed by atoms with Gasteiger partial charge in [-0.15, -0.1) is 0 Å². The number of nitrogens with one attached hydrogen (secondary N) is 2. The van der Waals surface area contributed by atoms with Gasteiger partial charge in [0.15, 0.2) is 11.7 Å². The van der Waals surface area contributed by atoms with Crippen LogP contribution in [0.15, 0.2) is 15.6 Å². The van der Waals surface area contributed by atoms with Crippen LogP contribution in [0, 0.1) is 5.92 Å². The van der Waals surface area contributed by atoms with Crippen LogP contribution in [0.25, 0.3) is 0 Å². The Morgan fingerprint density at radius 1 is 1.38 bits per heavy atom. The third kappa shape index (κ3) is 5.82. The molecule has 6 heteroatoms. The summed E-state index contributed by atoms with van der Waals surface area (Å²) in [5.41, 5.74) is 0.994. The van der Waals surface area contributed by atoms with Crippen molar-refractivity contribution in [3.63, 3.8) is 0 Å². The van der Waals surface area contributed by atoms with Crippen LogP contribution < -0.4 is 10.6 Å². The van der Waals surface area contributed by atoms with Crippen LogP contribution >= 0.6 is 0 Å². The van der Waals surface area contributed by atoms with Crippen molar-refractivity contribution in [2.24, 2.45) is 10.9 Å². The molecule has 2 heterocycles. The summed E-state index contributed by atoms with van der Waals surface area (Å²) in [5, 5.41) is 10.8. The van der Waals surface area contributed by atoms with Crippen molar-refractivity contribution in [2.45, 2.75) is 52.5 Å². The second kappa shape index (κ2) is 9.67. The number of rotatable bonds is 7. The normalized spacial score (nSPS) is 17.5. The fourth-order valence-corrected chi connectivity index (χ4v) is 3.06. The highest BCUT2D eigenvalue weighted by atomic mass is 16.5. The Kier molecular flexibility index (Phi) is 7.56. The van der Waals surface area contributed by atoms with Gasteiger partial charge in [0.25, 0.3) is 0 Å². The number of hydrogen-bond acceptors (Lipinski definition) is 4. The molecule has 0 radical (unpaired) electrons. The summed E-state index contributed by atoms with van der Waals surface area (Å²) in [6.45, 7) is 11.7. The first-order valence-corrected chi connectivity index (χ1v) is 9.24. The molecule has 0 aliphatic carbocycles. The van der Waals surface area contributed by atoms with Crippen molar-refractivity contribution < 1.29 is 4.52 Å². The molecule has 1 aliphatic rings. The largest absolute Gasteiger partial charge is 0.359 e. The minimum atomic E-state index is 0.388. The zero-order valence-corrected chi connectivity index (χ0v) is 15.6. The number of nitrogens with zero attached hydrogens (tertiary/aromatic N) is 3. The van der Waals surface area contributed by atoms with Gasteiger partial charge in [-0.25, -0.2) is 0 Å². The Hall–Kier alpha value is -1.56. The molecule has 0 aromatic carbocycles. The molecule has 0 atom stereocenters. The van der Waals surface area contributed by atoms with E-state index in [9.17, 15) is 0 Å². The first kappa shape index (κ1) is 18.8. The van der Waals surface area contributed by atoms with E-state index < -0.39 is 0 Å². The number of aromatic nitrogens is 1. The van der Waals surface area contributed by atoms with E-state index in [0.717, 1.165) is 29.9 Å². The number of hydrogen-bond donors (Lipinski definition) is 2. The predicted molar refractivity (Wildman–Crippen MR) is 98.2 cm³/mol. The van der Waals surface area contributed by atoms with Gasteiger partial charge >= 0.3 is 0 Å². The summed E-state index contributed by atoms with van der Waals surface area (Å²) in [7, 11) is 1.80. The first-order valence-electron chi connectivity index (χ1n) is 9.24. The molecule has 6 nitrogen and oxygen atoms in total. The Balaban J connectivity index is 1.65. The Morgan fingerprint density at radius 2 is 2.12 bits per heavy atom. The smallest absolute Gasteiger partial charge is 0.191 e.